The number of hydrogen-bond donors (Lipinski definition) is 0. The van der Waals surface area contributed by atoms with Crippen LogP contribution in [0.25, 0.3) is 11.0 Å². The van der Waals surface area contributed by atoms with Gasteiger partial charge >= 0.3 is 0 Å². The lowest BCUT2D eigenvalue weighted by atomic mass is 9.90. The van der Waals surface area contributed by atoms with Gasteiger partial charge in [-0.3, -0.25) is 0 Å². The fraction of sp³-hybridized carbons (Fsp3) is 0.138. The van der Waals surface area contributed by atoms with Crippen LogP contribution in [-0.2, 0) is 6.54 Å². The summed E-state index contributed by atoms with van der Waals surface area (Å²) in [5.74, 6) is 2.02. The third kappa shape index (κ3) is 4.02. The van der Waals surface area contributed by atoms with Crippen LogP contribution in [0.1, 0.15) is 28.4 Å². The molecule has 5 rings (SSSR count). The summed E-state index contributed by atoms with van der Waals surface area (Å²) in [5.41, 5.74) is 5.75. The predicted octanol–water partition coefficient (Wildman–Crippen LogP) is 6.60. The number of rotatable bonds is 7. The molecular weight excluding hydrogens is 392 g/mol. The van der Waals surface area contributed by atoms with Gasteiger partial charge in [0.05, 0.1) is 23.5 Å². The monoisotopic (exact) mass is 418 g/mol. The van der Waals surface area contributed by atoms with Crippen molar-refractivity contribution in [3.63, 3.8) is 0 Å². The molecule has 5 aromatic rings. The van der Waals surface area contributed by atoms with Gasteiger partial charge < -0.3 is 9.30 Å². The van der Waals surface area contributed by atoms with Gasteiger partial charge in [-0.25, -0.2) is 4.98 Å². The lowest BCUT2D eigenvalue weighted by Crippen LogP contribution is -2.16. The molecule has 0 bridgehead atoms. The minimum Gasteiger partial charge on any atom is -0.491 e. The number of fused-ring (bicyclic) bond motifs is 1. The topological polar surface area (TPSA) is 27.1 Å². The highest BCUT2D eigenvalue weighted by Crippen LogP contribution is 2.33. The smallest absolute Gasteiger partial charge is 0.122 e. The number of benzene rings is 4. The molecule has 32 heavy (non-hydrogen) atoms. The first-order chi connectivity index (χ1) is 15.8. The van der Waals surface area contributed by atoms with Gasteiger partial charge in [-0.05, 0) is 41.8 Å². The van der Waals surface area contributed by atoms with Crippen LogP contribution in [0.15, 0.2) is 109 Å². The van der Waals surface area contributed by atoms with Crippen LogP contribution in [-0.4, -0.2) is 16.2 Å². The molecule has 0 N–H and O–H groups in total. The number of hydrogen-bond acceptors (Lipinski definition) is 2. The van der Waals surface area contributed by atoms with Gasteiger partial charge in [0.25, 0.3) is 0 Å². The Balaban J connectivity index is 1.57. The van der Waals surface area contributed by atoms with Crippen molar-refractivity contribution in [2.45, 2.75) is 19.4 Å². The summed E-state index contributed by atoms with van der Waals surface area (Å²) in [6.45, 7) is 3.38. The molecule has 3 heteroatoms. The molecule has 1 heterocycles. The molecule has 0 atom stereocenters. The third-order valence-electron chi connectivity index (χ3n) is 5.87. The van der Waals surface area contributed by atoms with Crippen molar-refractivity contribution in [2.75, 3.05) is 6.61 Å². The fourth-order valence-electron chi connectivity index (χ4n) is 4.30. The fourth-order valence-corrected chi connectivity index (χ4v) is 4.30. The molecule has 0 amide bonds. The van der Waals surface area contributed by atoms with Gasteiger partial charge in [0.15, 0.2) is 0 Å². The molecule has 4 aromatic carbocycles. The van der Waals surface area contributed by atoms with E-state index in [0.717, 1.165) is 34.7 Å². The maximum atomic E-state index is 6.16. The minimum atomic E-state index is 0.0447. The highest BCUT2D eigenvalue weighted by Gasteiger charge is 2.23. The molecule has 3 nitrogen and oxygen atoms in total. The second kappa shape index (κ2) is 9.11. The largest absolute Gasteiger partial charge is 0.491 e. The first kappa shape index (κ1) is 20.1. The summed E-state index contributed by atoms with van der Waals surface area (Å²) in [7, 11) is 0. The Hall–Kier alpha value is -3.85. The maximum absolute atomic E-state index is 6.16. The van der Waals surface area contributed by atoms with Crippen molar-refractivity contribution in [2.24, 2.45) is 0 Å². The Morgan fingerprint density at radius 2 is 1.31 bits per heavy atom. The molecule has 0 saturated carbocycles. The van der Waals surface area contributed by atoms with E-state index in [0.29, 0.717) is 6.61 Å². The zero-order valence-corrected chi connectivity index (χ0v) is 18.2. The first-order valence-corrected chi connectivity index (χ1v) is 11.0. The van der Waals surface area contributed by atoms with Crippen molar-refractivity contribution in [1.29, 1.82) is 0 Å². The molecule has 0 aliphatic rings. The van der Waals surface area contributed by atoms with E-state index in [1.807, 2.05) is 24.3 Å². The summed E-state index contributed by atoms with van der Waals surface area (Å²) in [5, 5.41) is 0. The highest BCUT2D eigenvalue weighted by atomic mass is 16.5. The number of aromatic nitrogens is 2. The Bertz CT molecular complexity index is 1270. The molecule has 0 unspecified atom stereocenters. The molecule has 0 fully saturated rings. The molecule has 0 aliphatic heterocycles. The van der Waals surface area contributed by atoms with Crippen molar-refractivity contribution in [3.8, 4) is 5.75 Å². The Labute approximate surface area is 188 Å². The summed E-state index contributed by atoms with van der Waals surface area (Å²) in [4.78, 5) is 5.12. The standard InChI is InChI=1S/C29H26N2O/c1-22-12-8-11-19-27(22)32-21-20-31-26-18-10-9-17-25(26)30-29(31)28(23-13-4-2-5-14-23)24-15-6-3-7-16-24/h2-19,28H,20-21H2,1H3. The molecular formula is C29H26N2O. The zero-order valence-electron chi connectivity index (χ0n) is 18.2. The van der Waals surface area contributed by atoms with Gasteiger partial charge in [-0.2, -0.15) is 0 Å². The van der Waals surface area contributed by atoms with Crippen molar-refractivity contribution in [1.82, 2.24) is 9.55 Å². The molecule has 0 saturated heterocycles. The van der Waals surface area contributed by atoms with E-state index in [2.05, 4.69) is 96.4 Å². The number of aryl methyl sites for hydroxylation is 1. The van der Waals surface area contributed by atoms with Gasteiger partial charge in [0.2, 0.25) is 0 Å². The SMILES string of the molecule is Cc1ccccc1OCCn1c(C(c2ccccc2)c2ccccc2)nc2ccccc21. The lowest BCUT2D eigenvalue weighted by molar-refractivity contribution is 0.296. The van der Waals surface area contributed by atoms with E-state index < -0.39 is 0 Å². The van der Waals surface area contributed by atoms with E-state index in [-0.39, 0.29) is 5.92 Å². The third-order valence-corrected chi connectivity index (χ3v) is 5.87. The number of imidazole rings is 1. The van der Waals surface area contributed by atoms with Crippen molar-refractivity contribution >= 4 is 11.0 Å². The van der Waals surface area contributed by atoms with Gasteiger partial charge in [-0.15, -0.1) is 0 Å². The maximum Gasteiger partial charge on any atom is 0.122 e. The van der Waals surface area contributed by atoms with Gasteiger partial charge in [0.1, 0.15) is 18.2 Å². The van der Waals surface area contributed by atoms with Crippen molar-refractivity contribution in [3.05, 3.63) is 132 Å². The normalized spacial score (nSPS) is 11.2. The number of ether oxygens (including phenoxy) is 1. The molecule has 1 aromatic heterocycles. The van der Waals surface area contributed by atoms with Crippen LogP contribution in [0.4, 0.5) is 0 Å². The Morgan fingerprint density at radius 3 is 2.00 bits per heavy atom. The molecule has 0 aliphatic carbocycles. The van der Waals surface area contributed by atoms with Crippen LogP contribution < -0.4 is 4.74 Å². The van der Waals surface area contributed by atoms with Crippen molar-refractivity contribution < 1.29 is 4.74 Å². The summed E-state index contributed by atoms with van der Waals surface area (Å²) in [6, 6.07) is 37.8. The van der Waals surface area contributed by atoms with Crippen LogP contribution in [0.3, 0.4) is 0 Å². The van der Waals surface area contributed by atoms with E-state index >= 15 is 0 Å². The average molecular weight is 419 g/mol. The summed E-state index contributed by atoms with van der Waals surface area (Å²) in [6.07, 6.45) is 0. The number of para-hydroxylation sites is 3. The van der Waals surface area contributed by atoms with E-state index in [4.69, 9.17) is 9.72 Å². The van der Waals surface area contributed by atoms with E-state index in [1.54, 1.807) is 0 Å². The van der Waals surface area contributed by atoms with Gasteiger partial charge in [-0.1, -0.05) is 91.0 Å². The minimum absolute atomic E-state index is 0.0447. The van der Waals surface area contributed by atoms with Gasteiger partial charge in [0, 0.05) is 0 Å². The van der Waals surface area contributed by atoms with Crippen LogP contribution >= 0.6 is 0 Å². The number of nitrogens with zero attached hydrogens (tertiary/aromatic N) is 2. The zero-order chi connectivity index (χ0) is 21.8. The van der Waals surface area contributed by atoms with Crippen LogP contribution in [0, 0.1) is 6.92 Å². The highest BCUT2D eigenvalue weighted by molar-refractivity contribution is 5.76. The second-order valence-corrected chi connectivity index (χ2v) is 7.98. The van der Waals surface area contributed by atoms with Crippen LogP contribution in [0.5, 0.6) is 5.75 Å². The predicted molar refractivity (Wildman–Crippen MR) is 130 cm³/mol. The summed E-state index contributed by atoms with van der Waals surface area (Å²) < 4.78 is 8.47. The van der Waals surface area contributed by atoms with E-state index in [9.17, 15) is 0 Å². The molecule has 158 valence electrons. The lowest BCUT2D eigenvalue weighted by Gasteiger charge is -2.20. The molecule has 0 radical (unpaired) electrons. The Kier molecular flexibility index (Phi) is 5.71. The van der Waals surface area contributed by atoms with Crippen LogP contribution in [0.2, 0.25) is 0 Å². The average Bonchev–Trinajstić information content (AvgIpc) is 3.20. The second-order valence-electron chi connectivity index (χ2n) is 7.98. The Morgan fingerprint density at radius 1 is 0.719 bits per heavy atom. The summed E-state index contributed by atoms with van der Waals surface area (Å²) >= 11 is 0. The first-order valence-electron chi connectivity index (χ1n) is 11.0. The van der Waals surface area contributed by atoms with E-state index in [1.165, 1.54) is 11.1 Å². The molecule has 0 spiro atoms. The quantitative estimate of drug-likeness (QED) is 0.298.